The maximum absolute atomic E-state index is 5.79. The molecule has 0 saturated heterocycles. The van der Waals surface area contributed by atoms with Gasteiger partial charge in [-0.1, -0.05) is 41.1 Å². The average molecular weight is 258 g/mol. The van der Waals surface area contributed by atoms with Crippen molar-refractivity contribution in [2.24, 2.45) is 5.73 Å². The summed E-state index contributed by atoms with van der Waals surface area (Å²) in [6, 6.07) is 8.12. The zero-order valence-electron chi connectivity index (χ0n) is 8.59. The van der Waals surface area contributed by atoms with E-state index in [0.29, 0.717) is 13.2 Å². The van der Waals surface area contributed by atoms with Crippen molar-refractivity contribution in [1.29, 1.82) is 0 Å². The van der Waals surface area contributed by atoms with Crippen molar-refractivity contribution in [3.63, 3.8) is 0 Å². The Labute approximate surface area is 93.6 Å². The number of halogens is 1. The van der Waals surface area contributed by atoms with Crippen LogP contribution in [0, 0.1) is 0 Å². The molecular formula is C11H16BrNO. The van der Waals surface area contributed by atoms with Crippen LogP contribution in [0.15, 0.2) is 28.7 Å². The van der Waals surface area contributed by atoms with Crippen molar-refractivity contribution < 1.29 is 4.74 Å². The third-order valence-corrected chi connectivity index (χ3v) is 3.13. The summed E-state index contributed by atoms with van der Waals surface area (Å²) in [5, 5.41) is 0. The first-order valence-electron chi connectivity index (χ1n) is 4.58. The van der Waals surface area contributed by atoms with E-state index in [1.54, 1.807) is 7.11 Å². The Balaban J connectivity index is 3.05. The summed E-state index contributed by atoms with van der Waals surface area (Å²) in [5.41, 5.74) is 6.88. The van der Waals surface area contributed by atoms with E-state index in [0.717, 1.165) is 4.47 Å². The first-order chi connectivity index (χ1) is 6.64. The van der Waals surface area contributed by atoms with Crippen LogP contribution in [-0.2, 0) is 10.2 Å². The molecule has 1 unspecified atom stereocenters. The molecule has 0 aliphatic rings. The molecule has 3 heteroatoms. The van der Waals surface area contributed by atoms with Gasteiger partial charge in [0.05, 0.1) is 6.61 Å². The fourth-order valence-corrected chi connectivity index (χ4v) is 2.28. The van der Waals surface area contributed by atoms with Gasteiger partial charge in [-0.2, -0.15) is 0 Å². The smallest absolute Gasteiger partial charge is 0.0569 e. The van der Waals surface area contributed by atoms with E-state index in [4.69, 9.17) is 10.5 Å². The molecule has 0 heterocycles. The Bertz CT molecular complexity index is 303. The quantitative estimate of drug-likeness (QED) is 0.899. The van der Waals surface area contributed by atoms with E-state index in [9.17, 15) is 0 Å². The van der Waals surface area contributed by atoms with Crippen LogP contribution in [0.2, 0.25) is 0 Å². The van der Waals surface area contributed by atoms with Crippen molar-refractivity contribution in [2.75, 3.05) is 20.3 Å². The van der Waals surface area contributed by atoms with Crippen LogP contribution in [0.3, 0.4) is 0 Å². The minimum atomic E-state index is -0.116. The third kappa shape index (κ3) is 2.35. The molecule has 0 fully saturated rings. The molecule has 1 aromatic carbocycles. The summed E-state index contributed by atoms with van der Waals surface area (Å²) >= 11 is 3.53. The van der Waals surface area contributed by atoms with Crippen molar-refractivity contribution in [3.05, 3.63) is 34.3 Å². The highest BCUT2D eigenvalue weighted by atomic mass is 79.9. The second kappa shape index (κ2) is 4.91. The van der Waals surface area contributed by atoms with Crippen LogP contribution in [0.1, 0.15) is 12.5 Å². The van der Waals surface area contributed by atoms with Gasteiger partial charge in [0.15, 0.2) is 0 Å². The molecule has 1 aromatic rings. The molecule has 0 aliphatic heterocycles. The van der Waals surface area contributed by atoms with Crippen molar-refractivity contribution in [3.8, 4) is 0 Å². The van der Waals surface area contributed by atoms with E-state index in [2.05, 4.69) is 28.9 Å². The highest BCUT2D eigenvalue weighted by Gasteiger charge is 2.26. The van der Waals surface area contributed by atoms with E-state index < -0.39 is 0 Å². The highest BCUT2D eigenvalue weighted by Crippen LogP contribution is 2.29. The molecule has 0 aromatic heterocycles. The average Bonchev–Trinajstić information content (AvgIpc) is 2.18. The van der Waals surface area contributed by atoms with Gasteiger partial charge in [0.2, 0.25) is 0 Å². The Kier molecular flexibility index (Phi) is 4.11. The summed E-state index contributed by atoms with van der Waals surface area (Å²) in [6.07, 6.45) is 0. The maximum Gasteiger partial charge on any atom is 0.0569 e. The molecule has 0 amide bonds. The zero-order chi connectivity index (χ0) is 10.6. The van der Waals surface area contributed by atoms with Crippen LogP contribution in [0.5, 0.6) is 0 Å². The van der Waals surface area contributed by atoms with Gasteiger partial charge in [-0.25, -0.2) is 0 Å². The van der Waals surface area contributed by atoms with Gasteiger partial charge in [-0.3, -0.25) is 0 Å². The molecule has 1 atom stereocenters. The second-order valence-electron chi connectivity index (χ2n) is 3.68. The van der Waals surface area contributed by atoms with Crippen LogP contribution in [-0.4, -0.2) is 20.3 Å². The molecule has 0 aliphatic carbocycles. The van der Waals surface area contributed by atoms with Crippen molar-refractivity contribution >= 4 is 15.9 Å². The molecule has 0 bridgehead atoms. The number of ether oxygens (including phenoxy) is 1. The molecule has 2 nitrogen and oxygen atoms in total. The fourth-order valence-electron chi connectivity index (χ4n) is 1.52. The molecule has 0 saturated carbocycles. The first kappa shape index (κ1) is 11.7. The molecule has 0 radical (unpaired) electrons. The summed E-state index contributed by atoms with van der Waals surface area (Å²) in [4.78, 5) is 0. The van der Waals surface area contributed by atoms with E-state index in [1.807, 2.05) is 18.2 Å². The standard InChI is InChI=1S/C11H16BrNO/c1-11(7-13,8-14-2)9-5-3-4-6-10(9)12/h3-6H,7-8,13H2,1-2H3. The Hall–Kier alpha value is -0.380. The Morgan fingerprint density at radius 2 is 2.07 bits per heavy atom. The normalized spacial score (nSPS) is 15.1. The minimum Gasteiger partial charge on any atom is -0.384 e. The van der Waals surface area contributed by atoms with Gasteiger partial charge in [0, 0.05) is 23.5 Å². The van der Waals surface area contributed by atoms with Crippen LogP contribution >= 0.6 is 15.9 Å². The number of nitrogens with two attached hydrogens (primary N) is 1. The number of rotatable bonds is 4. The summed E-state index contributed by atoms with van der Waals surface area (Å²) < 4.78 is 6.29. The van der Waals surface area contributed by atoms with Crippen LogP contribution in [0.25, 0.3) is 0 Å². The largest absolute Gasteiger partial charge is 0.384 e. The Morgan fingerprint density at radius 3 is 2.57 bits per heavy atom. The topological polar surface area (TPSA) is 35.2 Å². The first-order valence-corrected chi connectivity index (χ1v) is 5.37. The predicted octanol–water partition coefficient (Wildman–Crippen LogP) is 2.31. The maximum atomic E-state index is 5.79. The van der Waals surface area contributed by atoms with Crippen LogP contribution in [0.4, 0.5) is 0 Å². The number of methoxy groups -OCH3 is 1. The fraction of sp³-hybridized carbons (Fsp3) is 0.455. The summed E-state index contributed by atoms with van der Waals surface area (Å²) in [5.74, 6) is 0. The van der Waals surface area contributed by atoms with Crippen molar-refractivity contribution in [2.45, 2.75) is 12.3 Å². The van der Waals surface area contributed by atoms with E-state index in [1.165, 1.54) is 5.56 Å². The third-order valence-electron chi connectivity index (χ3n) is 2.44. The molecule has 0 spiro atoms. The lowest BCUT2D eigenvalue weighted by molar-refractivity contribution is 0.141. The zero-order valence-corrected chi connectivity index (χ0v) is 10.2. The van der Waals surface area contributed by atoms with Gasteiger partial charge in [-0.05, 0) is 11.6 Å². The molecular weight excluding hydrogens is 242 g/mol. The van der Waals surface area contributed by atoms with E-state index >= 15 is 0 Å². The monoisotopic (exact) mass is 257 g/mol. The van der Waals surface area contributed by atoms with Gasteiger partial charge in [0.1, 0.15) is 0 Å². The van der Waals surface area contributed by atoms with Gasteiger partial charge >= 0.3 is 0 Å². The summed E-state index contributed by atoms with van der Waals surface area (Å²) in [6.45, 7) is 3.31. The lowest BCUT2D eigenvalue weighted by atomic mass is 9.83. The minimum absolute atomic E-state index is 0.116. The number of benzene rings is 1. The Morgan fingerprint density at radius 1 is 1.43 bits per heavy atom. The molecule has 14 heavy (non-hydrogen) atoms. The predicted molar refractivity (Wildman–Crippen MR) is 62.4 cm³/mol. The molecule has 1 rings (SSSR count). The van der Waals surface area contributed by atoms with Crippen molar-refractivity contribution in [1.82, 2.24) is 0 Å². The summed E-state index contributed by atoms with van der Waals surface area (Å²) in [7, 11) is 1.70. The van der Waals surface area contributed by atoms with Crippen LogP contribution < -0.4 is 5.73 Å². The molecule has 78 valence electrons. The second-order valence-corrected chi connectivity index (χ2v) is 4.53. The number of hydrogen-bond donors (Lipinski definition) is 1. The lowest BCUT2D eigenvalue weighted by Crippen LogP contribution is -2.36. The van der Waals surface area contributed by atoms with Gasteiger partial charge in [0.25, 0.3) is 0 Å². The van der Waals surface area contributed by atoms with Gasteiger partial charge in [-0.15, -0.1) is 0 Å². The SMILES string of the molecule is COCC(C)(CN)c1ccccc1Br. The van der Waals surface area contributed by atoms with Gasteiger partial charge < -0.3 is 10.5 Å². The number of hydrogen-bond acceptors (Lipinski definition) is 2. The molecule has 2 N–H and O–H groups in total. The lowest BCUT2D eigenvalue weighted by Gasteiger charge is -2.28. The van der Waals surface area contributed by atoms with E-state index in [-0.39, 0.29) is 5.41 Å². The highest BCUT2D eigenvalue weighted by molar-refractivity contribution is 9.10.